The number of nitrogens with one attached hydrogen (secondary N) is 1. The number of nitrogens with zero attached hydrogens (tertiary/aromatic N) is 3. The first kappa shape index (κ1) is 22.0. The number of amides is 2. The van der Waals surface area contributed by atoms with Crippen molar-refractivity contribution in [2.75, 3.05) is 25.5 Å². The van der Waals surface area contributed by atoms with Gasteiger partial charge in [0, 0.05) is 17.8 Å². The summed E-state index contributed by atoms with van der Waals surface area (Å²) in [4.78, 5) is 32.2. The Hall–Kier alpha value is -4.20. The molecule has 4 rings (SSSR count). The van der Waals surface area contributed by atoms with Gasteiger partial charge in [0.05, 0.1) is 29.4 Å². The number of pyridine rings is 1. The average Bonchev–Trinajstić information content (AvgIpc) is 3.23. The smallest absolute Gasteiger partial charge is 0.259 e. The maximum absolute atomic E-state index is 13.5. The number of likely N-dealkylation sites (N-methyl/N-ethyl adjacent to an activating group) is 1. The topological polar surface area (TPSA) is 97.6 Å². The summed E-state index contributed by atoms with van der Waals surface area (Å²) in [5, 5.41) is 7.36. The number of carbonyl (C=O) groups is 2. The molecule has 0 aliphatic heterocycles. The summed E-state index contributed by atoms with van der Waals surface area (Å²) in [6.07, 6.45) is 0. The minimum Gasteiger partial charge on any atom is -0.497 e. The molecule has 1 N–H and O–H groups in total. The van der Waals surface area contributed by atoms with Crippen molar-refractivity contribution < 1.29 is 18.8 Å². The van der Waals surface area contributed by atoms with Crippen LogP contribution in [0.5, 0.6) is 5.75 Å². The highest BCUT2D eigenvalue weighted by Crippen LogP contribution is 2.28. The molecule has 0 aliphatic carbocycles. The normalized spacial score (nSPS) is 10.8. The van der Waals surface area contributed by atoms with Crippen LogP contribution in [0.25, 0.3) is 22.4 Å². The van der Waals surface area contributed by atoms with Crippen molar-refractivity contribution >= 4 is 28.6 Å². The highest BCUT2D eigenvalue weighted by Gasteiger charge is 2.24. The number of ether oxygens (including phenoxy) is 1. The van der Waals surface area contributed by atoms with E-state index < -0.39 is 0 Å². The molecule has 0 aliphatic rings. The fraction of sp³-hybridized carbons (Fsp3) is 0.200. The first-order chi connectivity index (χ1) is 16.0. The molecule has 0 unspecified atom stereocenters. The molecule has 0 bridgehead atoms. The summed E-state index contributed by atoms with van der Waals surface area (Å²) < 4.78 is 10.5. The van der Waals surface area contributed by atoms with Crippen LogP contribution in [0.2, 0.25) is 0 Å². The van der Waals surface area contributed by atoms with E-state index in [1.165, 1.54) is 4.90 Å². The van der Waals surface area contributed by atoms with Gasteiger partial charge < -0.3 is 19.5 Å². The van der Waals surface area contributed by atoms with Gasteiger partial charge in [0.1, 0.15) is 12.3 Å². The third-order valence-corrected chi connectivity index (χ3v) is 5.29. The Morgan fingerprint density at radius 2 is 1.82 bits per heavy atom. The standard InChI is InChI=1S/C25H24N4O4/c1-4-29(15-22(30)26-18-10-12-19(32-3)13-11-18)25(31)20-14-21(17-8-6-5-7-9-17)27-24-23(20)16(2)28-33-24/h5-14H,4,15H2,1-3H3,(H,26,30). The number of carbonyl (C=O) groups excluding carboxylic acids is 2. The van der Waals surface area contributed by atoms with Gasteiger partial charge in [0.15, 0.2) is 0 Å². The molecular weight excluding hydrogens is 420 g/mol. The summed E-state index contributed by atoms with van der Waals surface area (Å²) in [6, 6.07) is 18.3. The molecule has 8 heteroatoms. The van der Waals surface area contributed by atoms with E-state index in [0.29, 0.717) is 40.3 Å². The zero-order chi connectivity index (χ0) is 23.4. The molecule has 2 aromatic carbocycles. The van der Waals surface area contributed by atoms with Gasteiger partial charge in [-0.1, -0.05) is 35.5 Å². The molecule has 2 amide bonds. The minimum absolute atomic E-state index is 0.101. The Morgan fingerprint density at radius 1 is 1.09 bits per heavy atom. The monoisotopic (exact) mass is 444 g/mol. The summed E-state index contributed by atoms with van der Waals surface area (Å²) in [5.41, 5.74) is 3.33. The molecule has 0 fully saturated rings. The Bertz CT molecular complexity index is 1280. The third-order valence-electron chi connectivity index (χ3n) is 5.29. The number of aromatic nitrogens is 2. The van der Waals surface area contributed by atoms with Crippen LogP contribution in [0.1, 0.15) is 23.0 Å². The number of anilines is 1. The van der Waals surface area contributed by atoms with Gasteiger partial charge in [-0.25, -0.2) is 4.98 Å². The highest BCUT2D eigenvalue weighted by molar-refractivity contribution is 6.08. The van der Waals surface area contributed by atoms with Crippen LogP contribution in [-0.4, -0.2) is 47.1 Å². The molecule has 4 aromatic rings. The van der Waals surface area contributed by atoms with E-state index in [-0.39, 0.29) is 24.1 Å². The zero-order valence-electron chi connectivity index (χ0n) is 18.7. The first-order valence-corrected chi connectivity index (χ1v) is 10.6. The molecule has 0 saturated carbocycles. The molecule has 2 aromatic heterocycles. The van der Waals surface area contributed by atoms with Crippen molar-refractivity contribution in [2.24, 2.45) is 0 Å². The number of hydrogen-bond donors (Lipinski definition) is 1. The van der Waals surface area contributed by atoms with Crippen LogP contribution in [0, 0.1) is 6.92 Å². The van der Waals surface area contributed by atoms with Crippen LogP contribution in [0.4, 0.5) is 5.69 Å². The summed E-state index contributed by atoms with van der Waals surface area (Å²) in [5.74, 6) is 0.0997. The van der Waals surface area contributed by atoms with Crippen molar-refractivity contribution in [2.45, 2.75) is 13.8 Å². The van der Waals surface area contributed by atoms with E-state index in [9.17, 15) is 9.59 Å². The fourth-order valence-electron chi connectivity index (χ4n) is 3.57. The minimum atomic E-state index is -0.300. The average molecular weight is 444 g/mol. The van der Waals surface area contributed by atoms with E-state index >= 15 is 0 Å². The Balaban J connectivity index is 1.61. The van der Waals surface area contributed by atoms with Gasteiger partial charge >= 0.3 is 0 Å². The maximum Gasteiger partial charge on any atom is 0.259 e. The summed E-state index contributed by atoms with van der Waals surface area (Å²) in [7, 11) is 1.58. The van der Waals surface area contributed by atoms with E-state index in [1.807, 2.05) is 37.3 Å². The molecule has 33 heavy (non-hydrogen) atoms. The lowest BCUT2D eigenvalue weighted by atomic mass is 10.0. The van der Waals surface area contributed by atoms with Crippen LogP contribution < -0.4 is 10.1 Å². The Morgan fingerprint density at radius 3 is 2.48 bits per heavy atom. The van der Waals surface area contributed by atoms with E-state index in [0.717, 1.165) is 5.56 Å². The second-order valence-corrected chi connectivity index (χ2v) is 7.47. The molecule has 0 atom stereocenters. The highest BCUT2D eigenvalue weighted by atomic mass is 16.5. The first-order valence-electron chi connectivity index (χ1n) is 10.6. The number of aryl methyl sites for hydroxylation is 1. The quantitative estimate of drug-likeness (QED) is 0.456. The molecule has 0 spiro atoms. The second-order valence-electron chi connectivity index (χ2n) is 7.47. The molecule has 8 nitrogen and oxygen atoms in total. The Kier molecular flexibility index (Phi) is 6.35. The van der Waals surface area contributed by atoms with Gasteiger partial charge in [-0.05, 0) is 44.2 Å². The lowest BCUT2D eigenvalue weighted by Crippen LogP contribution is -2.38. The number of rotatable bonds is 7. The van der Waals surface area contributed by atoms with Gasteiger partial charge in [0.2, 0.25) is 5.91 Å². The van der Waals surface area contributed by atoms with Gasteiger partial charge in [-0.15, -0.1) is 0 Å². The van der Waals surface area contributed by atoms with Crippen LogP contribution in [0.15, 0.2) is 65.2 Å². The van der Waals surface area contributed by atoms with Crippen molar-refractivity contribution in [3.05, 3.63) is 71.9 Å². The molecule has 0 radical (unpaired) electrons. The number of methoxy groups -OCH3 is 1. The Labute approximate surface area is 191 Å². The lowest BCUT2D eigenvalue weighted by molar-refractivity contribution is -0.116. The van der Waals surface area contributed by atoms with Gasteiger partial charge in [0.25, 0.3) is 11.6 Å². The molecule has 2 heterocycles. The van der Waals surface area contributed by atoms with Crippen LogP contribution in [0.3, 0.4) is 0 Å². The van der Waals surface area contributed by atoms with Crippen LogP contribution >= 0.6 is 0 Å². The number of benzene rings is 2. The van der Waals surface area contributed by atoms with E-state index in [1.54, 1.807) is 44.4 Å². The maximum atomic E-state index is 13.5. The van der Waals surface area contributed by atoms with Crippen molar-refractivity contribution in [1.82, 2.24) is 15.0 Å². The summed E-state index contributed by atoms with van der Waals surface area (Å²) >= 11 is 0. The number of hydrogen-bond acceptors (Lipinski definition) is 6. The van der Waals surface area contributed by atoms with Crippen LogP contribution in [-0.2, 0) is 4.79 Å². The zero-order valence-corrected chi connectivity index (χ0v) is 18.7. The molecule has 0 saturated heterocycles. The van der Waals surface area contributed by atoms with E-state index in [4.69, 9.17) is 9.26 Å². The fourth-order valence-corrected chi connectivity index (χ4v) is 3.57. The van der Waals surface area contributed by atoms with Gasteiger partial charge in [-0.2, -0.15) is 0 Å². The lowest BCUT2D eigenvalue weighted by Gasteiger charge is -2.21. The van der Waals surface area contributed by atoms with Crippen molar-refractivity contribution in [1.29, 1.82) is 0 Å². The summed E-state index contributed by atoms with van der Waals surface area (Å²) in [6.45, 7) is 3.84. The van der Waals surface area contributed by atoms with Crippen molar-refractivity contribution in [3.8, 4) is 17.0 Å². The van der Waals surface area contributed by atoms with E-state index in [2.05, 4.69) is 15.5 Å². The predicted molar refractivity (Wildman–Crippen MR) is 125 cm³/mol. The number of fused-ring (bicyclic) bond motifs is 1. The van der Waals surface area contributed by atoms with Gasteiger partial charge in [-0.3, -0.25) is 9.59 Å². The molecular formula is C25H24N4O4. The third kappa shape index (κ3) is 4.69. The van der Waals surface area contributed by atoms with Crippen molar-refractivity contribution in [3.63, 3.8) is 0 Å². The second kappa shape index (κ2) is 9.52. The SMILES string of the molecule is CCN(CC(=O)Nc1ccc(OC)cc1)C(=O)c1cc(-c2ccccc2)nc2onc(C)c12. The molecule has 168 valence electrons. The predicted octanol–water partition coefficient (Wildman–Crippen LogP) is 4.31. The largest absolute Gasteiger partial charge is 0.497 e.